The first-order valence-corrected chi connectivity index (χ1v) is 8.61. The average molecular weight is 316 g/mol. The smallest absolute Gasteiger partial charge is 0.152 e. The van der Waals surface area contributed by atoms with E-state index in [1.54, 1.807) is 0 Å². The van der Waals surface area contributed by atoms with Gasteiger partial charge in [0.15, 0.2) is 5.76 Å². The van der Waals surface area contributed by atoms with E-state index in [-0.39, 0.29) is 5.54 Å². The van der Waals surface area contributed by atoms with Gasteiger partial charge in [-0.15, -0.1) is 0 Å². The molecule has 0 unspecified atom stereocenters. The lowest BCUT2D eigenvalue weighted by molar-refractivity contribution is 0.0942. The van der Waals surface area contributed by atoms with Crippen molar-refractivity contribution in [2.75, 3.05) is 19.6 Å². The van der Waals surface area contributed by atoms with Gasteiger partial charge in [-0.2, -0.15) is 5.10 Å². The monoisotopic (exact) mass is 316 g/mol. The van der Waals surface area contributed by atoms with E-state index >= 15 is 0 Å². The second kappa shape index (κ2) is 6.89. The minimum Gasteiger partial charge on any atom is -0.460 e. The lowest BCUT2D eigenvalue weighted by Gasteiger charge is -2.41. The first-order valence-electron chi connectivity index (χ1n) is 8.61. The number of aromatic nitrogens is 2. The van der Waals surface area contributed by atoms with Crippen LogP contribution in [0.15, 0.2) is 22.7 Å². The molecule has 3 heterocycles. The number of aromatic amines is 1. The second-order valence-electron chi connectivity index (χ2n) is 7.14. The van der Waals surface area contributed by atoms with Gasteiger partial charge in [0.1, 0.15) is 11.5 Å². The minimum atomic E-state index is 0.186. The van der Waals surface area contributed by atoms with Crippen LogP contribution in [0.5, 0.6) is 0 Å². The zero-order valence-corrected chi connectivity index (χ0v) is 14.5. The van der Waals surface area contributed by atoms with Crippen LogP contribution in [0.4, 0.5) is 0 Å². The van der Waals surface area contributed by atoms with Crippen LogP contribution < -0.4 is 5.32 Å². The topological polar surface area (TPSA) is 57.1 Å². The van der Waals surface area contributed by atoms with Crippen LogP contribution in [0.3, 0.4) is 0 Å². The minimum absolute atomic E-state index is 0.186. The molecule has 3 rings (SSSR count). The number of H-pyrrole nitrogens is 1. The molecule has 0 aromatic carbocycles. The van der Waals surface area contributed by atoms with Crippen LogP contribution in [0.1, 0.15) is 44.4 Å². The molecule has 0 saturated carbocycles. The number of nitrogens with one attached hydrogen (secondary N) is 2. The van der Waals surface area contributed by atoms with E-state index in [9.17, 15) is 0 Å². The third-order valence-electron chi connectivity index (χ3n) is 4.79. The zero-order chi connectivity index (χ0) is 16.3. The van der Waals surface area contributed by atoms with Crippen LogP contribution in [0, 0.1) is 6.92 Å². The summed E-state index contributed by atoms with van der Waals surface area (Å²) in [7, 11) is 0. The molecular weight excluding hydrogens is 288 g/mol. The molecule has 1 saturated heterocycles. The number of hydrogen-bond donors (Lipinski definition) is 2. The number of rotatable bonds is 6. The van der Waals surface area contributed by atoms with Gasteiger partial charge in [-0.1, -0.05) is 6.42 Å². The van der Waals surface area contributed by atoms with Crippen molar-refractivity contribution in [3.8, 4) is 11.5 Å². The van der Waals surface area contributed by atoms with Crippen LogP contribution in [0.2, 0.25) is 0 Å². The van der Waals surface area contributed by atoms with E-state index in [0.717, 1.165) is 35.9 Å². The summed E-state index contributed by atoms with van der Waals surface area (Å²) in [4.78, 5) is 2.61. The summed E-state index contributed by atoms with van der Waals surface area (Å²) in [6, 6.07) is 3.97. The lowest BCUT2D eigenvalue weighted by atomic mass is 9.98. The van der Waals surface area contributed by atoms with E-state index in [1.807, 2.05) is 25.3 Å². The molecule has 1 fully saturated rings. The molecule has 1 aliphatic rings. The molecule has 5 heteroatoms. The average Bonchev–Trinajstić information content (AvgIpc) is 3.17. The van der Waals surface area contributed by atoms with Gasteiger partial charge in [-0.25, -0.2) is 0 Å². The third-order valence-corrected chi connectivity index (χ3v) is 4.79. The molecule has 0 spiro atoms. The van der Waals surface area contributed by atoms with Crippen molar-refractivity contribution >= 4 is 0 Å². The van der Waals surface area contributed by atoms with E-state index < -0.39 is 0 Å². The largest absolute Gasteiger partial charge is 0.460 e. The fraction of sp³-hybridized carbons (Fsp3) is 0.611. The van der Waals surface area contributed by atoms with Crippen LogP contribution in [-0.2, 0) is 6.54 Å². The molecule has 2 aromatic heterocycles. The molecule has 2 aromatic rings. The van der Waals surface area contributed by atoms with Gasteiger partial charge in [0.05, 0.1) is 6.20 Å². The predicted molar refractivity (Wildman–Crippen MR) is 92.2 cm³/mol. The number of piperidine rings is 1. The van der Waals surface area contributed by atoms with Gasteiger partial charge in [-0.05, 0) is 58.8 Å². The van der Waals surface area contributed by atoms with Crippen molar-refractivity contribution in [3.63, 3.8) is 0 Å². The Labute approximate surface area is 138 Å². The maximum Gasteiger partial charge on any atom is 0.152 e. The summed E-state index contributed by atoms with van der Waals surface area (Å²) in [6.45, 7) is 10.8. The maximum atomic E-state index is 5.70. The third kappa shape index (κ3) is 3.85. The lowest BCUT2D eigenvalue weighted by Crippen LogP contribution is -2.52. The number of likely N-dealkylation sites (tertiary alicyclic amines) is 1. The summed E-state index contributed by atoms with van der Waals surface area (Å²) in [5.41, 5.74) is 2.31. The first-order chi connectivity index (χ1) is 11.1. The molecule has 2 N–H and O–H groups in total. The molecule has 0 radical (unpaired) electrons. The van der Waals surface area contributed by atoms with Gasteiger partial charge in [0, 0.05) is 24.2 Å². The Morgan fingerprint density at radius 3 is 2.74 bits per heavy atom. The summed E-state index contributed by atoms with van der Waals surface area (Å²) in [5.74, 6) is 1.77. The summed E-state index contributed by atoms with van der Waals surface area (Å²) < 4.78 is 5.70. The molecule has 0 bridgehead atoms. The Bertz CT molecular complexity index is 623. The highest BCUT2D eigenvalue weighted by Gasteiger charge is 2.27. The highest BCUT2D eigenvalue weighted by Crippen LogP contribution is 2.24. The highest BCUT2D eigenvalue weighted by atomic mass is 16.3. The fourth-order valence-electron chi connectivity index (χ4n) is 3.34. The van der Waals surface area contributed by atoms with E-state index in [1.165, 1.54) is 32.4 Å². The van der Waals surface area contributed by atoms with Crippen LogP contribution >= 0.6 is 0 Å². The Morgan fingerprint density at radius 1 is 1.26 bits per heavy atom. The predicted octanol–water partition coefficient (Wildman–Crippen LogP) is 3.33. The number of aryl methyl sites for hydroxylation is 1. The van der Waals surface area contributed by atoms with Crippen molar-refractivity contribution in [2.24, 2.45) is 0 Å². The second-order valence-corrected chi connectivity index (χ2v) is 7.14. The van der Waals surface area contributed by atoms with Gasteiger partial charge in [0.25, 0.3) is 0 Å². The van der Waals surface area contributed by atoms with Crippen molar-refractivity contribution in [1.82, 2.24) is 20.4 Å². The Morgan fingerprint density at radius 2 is 2.04 bits per heavy atom. The van der Waals surface area contributed by atoms with Crippen LogP contribution in [-0.4, -0.2) is 40.3 Å². The molecular formula is C18H28N4O. The molecule has 0 amide bonds. The van der Waals surface area contributed by atoms with Crippen molar-refractivity contribution in [1.29, 1.82) is 0 Å². The Hall–Kier alpha value is -1.59. The molecule has 0 atom stereocenters. The molecule has 126 valence electrons. The first kappa shape index (κ1) is 16.3. The van der Waals surface area contributed by atoms with Gasteiger partial charge < -0.3 is 9.73 Å². The van der Waals surface area contributed by atoms with E-state index in [0.29, 0.717) is 0 Å². The van der Waals surface area contributed by atoms with Gasteiger partial charge in [-0.3, -0.25) is 10.00 Å². The zero-order valence-electron chi connectivity index (χ0n) is 14.5. The standard InChI is InChI=1S/C18H28N4O/c1-14-7-8-16(23-14)17-15(12-20-21-17)11-19-13-18(2,3)22-9-5-4-6-10-22/h7-8,12,19H,4-6,9-11,13H2,1-3H3,(H,20,21). The van der Waals surface area contributed by atoms with Crippen LogP contribution in [0.25, 0.3) is 11.5 Å². The van der Waals surface area contributed by atoms with E-state index in [2.05, 4.69) is 34.3 Å². The number of hydrogen-bond acceptors (Lipinski definition) is 4. The molecule has 5 nitrogen and oxygen atoms in total. The molecule has 0 aliphatic carbocycles. The summed E-state index contributed by atoms with van der Waals surface area (Å²) in [5, 5.41) is 10.8. The normalized spacial score (nSPS) is 16.8. The van der Waals surface area contributed by atoms with Gasteiger partial charge in [0.2, 0.25) is 0 Å². The fourth-order valence-corrected chi connectivity index (χ4v) is 3.34. The quantitative estimate of drug-likeness (QED) is 0.858. The van der Waals surface area contributed by atoms with Gasteiger partial charge >= 0.3 is 0 Å². The Balaban J connectivity index is 1.58. The summed E-state index contributed by atoms with van der Waals surface area (Å²) >= 11 is 0. The summed E-state index contributed by atoms with van der Waals surface area (Å²) in [6.07, 6.45) is 5.91. The number of furan rings is 1. The number of nitrogens with zero attached hydrogens (tertiary/aromatic N) is 2. The van der Waals surface area contributed by atoms with Crippen molar-refractivity contribution < 1.29 is 4.42 Å². The van der Waals surface area contributed by atoms with Crippen molar-refractivity contribution in [3.05, 3.63) is 29.7 Å². The SMILES string of the molecule is Cc1ccc(-c2[nH]ncc2CNCC(C)(C)N2CCCCC2)o1. The molecule has 1 aliphatic heterocycles. The maximum absolute atomic E-state index is 5.70. The van der Waals surface area contributed by atoms with Crippen molar-refractivity contribution in [2.45, 2.75) is 52.1 Å². The molecule has 23 heavy (non-hydrogen) atoms. The van der Waals surface area contributed by atoms with E-state index in [4.69, 9.17) is 4.42 Å². The Kier molecular flexibility index (Phi) is 4.87. The highest BCUT2D eigenvalue weighted by molar-refractivity contribution is 5.56.